The Labute approximate surface area is 128 Å². The Balaban J connectivity index is 2.22. The van der Waals surface area contributed by atoms with E-state index in [1.54, 1.807) is 18.2 Å². The number of likely N-dealkylation sites (tertiary alicyclic amines) is 1. The molecule has 1 heterocycles. The molecule has 1 aromatic carbocycles. The molecule has 0 aliphatic carbocycles. The summed E-state index contributed by atoms with van der Waals surface area (Å²) in [5, 5.41) is 9.75. The molecule has 3 nitrogen and oxygen atoms in total. The molecule has 1 N–H and O–H groups in total. The summed E-state index contributed by atoms with van der Waals surface area (Å²) >= 11 is 2.06. The van der Waals surface area contributed by atoms with Crippen molar-refractivity contribution in [3.05, 3.63) is 27.3 Å². The number of hydrogen-bond acceptors (Lipinski definition) is 2. The van der Waals surface area contributed by atoms with Crippen LogP contribution in [0, 0.1) is 3.57 Å². The van der Waals surface area contributed by atoms with Crippen molar-refractivity contribution in [2.45, 2.75) is 45.1 Å². The second-order valence-corrected chi connectivity index (χ2v) is 6.24. The fourth-order valence-electron chi connectivity index (χ4n) is 2.68. The molecule has 0 bridgehead atoms. The molecule has 19 heavy (non-hydrogen) atoms. The van der Waals surface area contributed by atoms with Crippen LogP contribution in [0.25, 0.3) is 0 Å². The van der Waals surface area contributed by atoms with E-state index in [0.29, 0.717) is 11.6 Å². The first-order valence-electron chi connectivity index (χ1n) is 6.93. The average molecular weight is 373 g/mol. The molecule has 4 heteroatoms. The van der Waals surface area contributed by atoms with Crippen LogP contribution in [0.5, 0.6) is 5.75 Å². The number of rotatable bonds is 2. The minimum absolute atomic E-state index is 0.0560. The molecule has 1 saturated heterocycles. The maximum Gasteiger partial charge on any atom is 0.254 e. The second-order valence-electron chi connectivity index (χ2n) is 5.08. The van der Waals surface area contributed by atoms with Gasteiger partial charge < -0.3 is 10.0 Å². The summed E-state index contributed by atoms with van der Waals surface area (Å²) in [4.78, 5) is 14.6. The van der Waals surface area contributed by atoms with Gasteiger partial charge in [-0.25, -0.2) is 0 Å². The zero-order valence-corrected chi connectivity index (χ0v) is 13.4. The van der Waals surface area contributed by atoms with Crippen LogP contribution in [0.4, 0.5) is 0 Å². The van der Waals surface area contributed by atoms with Crippen LogP contribution in [-0.2, 0) is 0 Å². The summed E-state index contributed by atoms with van der Waals surface area (Å²) in [5.41, 5.74) is 0.596. The van der Waals surface area contributed by atoms with Gasteiger partial charge in [-0.05, 0) is 60.1 Å². The molecule has 1 unspecified atom stereocenters. The van der Waals surface area contributed by atoms with Gasteiger partial charge >= 0.3 is 0 Å². The van der Waals surface area contributed by atoms with Crippen LogP contribution in [0.15, 0.2) is 18.2 Å². The van der Waals surface area contributed by atoms with E-state index in [4.69, 9.17) is 0 Å². The third-order valence-corrected chi connectivity index (χ3v) is 4.71. The fourth-order valence-corrected chi connectivity index (χ4v) is 3.02. The highest BCUT2D eigenvalue weighted by Crippen LogP contribution is 2.25. The topological polar surface area (TPSA) is 40.5 Å². The van der Waals surface area contributed by atoms with Crippen molar-refractivity contribution in [2.75, 3.05) is 6.54 Å². The van der Waals surface area contributed by atoms with Crippen molar-refractivity contribution >= 4 is 28.5 Å². The van der Waals surface area contributed by atoms with Crippen molar-refractivity contribution < 1.29 is 9.90 Å². The molecule has 1 aliphatic rings. The van der Waals surface area contributed by atoms with Crippen molar-refractivity contribution in [1.82, 2.24) is 4.90 Å². The highest BCUT2D eigenvalue weighted by molar-refractivity contribution is 14.1. The molecule has 0 radical (unpaired) electrons. The van der Waals surface area contributed by atoms with Gasteiger partial charge in [-0.1, -0.05) is 19.8 Å². The number of phenols is 1. The van der Waals surface area contributed by atoms with Gasteiger partial charge in [0.1, 0.15) is 5.75 Å². The molecule has 1 amide bonds. The van der Waals surface area contributed by atoms with Crippen molar-refractivity contribution in [2.24, 2.45) is 0 Å². The van der Waals surface area contributed by atoms with Crippen molar-refractivity contribution in [3.63, 3.8) is 0 Å². The summed E-state index contributed by atoms with van der Waals surface area (Å²) in [6, 6.07) is 5.53. The molecule has 0 aromatic heterocycles. The summed E-state index contributed by atoms with van der Waals surface area (Å²) in [5.74, 6) is 0.245. The zero-order chi connectivity index (χ0) is 13.8. The van der Waals surface area contributed by atoms with Crippen molar-refractivity contribution in [1.29, 1.82) is 0 Å². The highest BCUT2D eigenvalue weighted by Gasteiger charge is 2.25. The first-order chi connectivity index (χ1) is 9.13. The van der Waals surface area contributed by atoms with Gasteiger partial charge in [-0.15, -0.1) is 0 Å². The molecule has 1 fully saturated rings. The number of hydrogen-bond donors (Lipinski definition) is 1. The van der Waals surface area contributed by atoms with Gasteiger partial charge in [0.25, 0.3) is 5.91 Å². The van der Waals surface area contributed by atoms with Gasteiger partial charge in [0.05, 0.1) is 3.57 Å². The Morgan fingerprint density at radius 1 is 1.42 bits per heavy atom. The van der Waals surface area contributed by atoms with E-state index in [1.165, 1.54) is 12.8 Å². The summed E-state index contributed by atoms with van der Waals surface area (Å²) in [6.45, 7) is 2.98. The lowest BCUT2D eigenvalue weighted by molar-refractivity contribution is 0.0678. The number of carbonyl (C=O) groups excluding carboxylic acids is 1. The zero-order valence-electron chi connectivity index (χ0n) is 11.2. The first-order valence-corrected chi connectivity index (χ1v) is 8.01. The van der Waals surface area contributed by atoms with Gasteiger partial charge in [0, 0.05) is 18.2 Å². The normalized spacial score (nSPS) is 20.1. The van der Waals surface area contributed by atoms with E-state index in [9.17, 15) is 9.90 Å². The van der Waals surface area contributed by atoms with E-state index in [0.717, 1.165) is 29.4 Å². The smallest absolute Gasteiger partial charge is 0.254 e. The van der Waals surface area contributed by atoms with E-state index in [1.807, 2.05) is 4.90 Å². The number of amides is 1. The van der Waals surface area contributed by atoms with E-state index in [2.05, 4.69) is 29.5 Å². The van der Waals surface area contributed by atoms with Crippen molar-refractivity contribution in [3.8, 4) is 5.75 Å². The predicted molar refractivity (Wildman–Crippen MR) is 84.4 cm³/mol. The number of halogens is 1. The Morgan fingerprint density at radius 3 is 2.89 bits per heavy atom. The number of carbonyl (C=O) groups is 1. The number of aromatic hydroxyl groups is 1. The molecule has 1 aliphatic heterocycles. The summed E-state index contributed by atoms with van der Waals surface area (Å²) < 4.78 is 0.775. The van der Waals surface area contributed by atoms with Gasteiger partial charge in [0.2, 0.25) is 0 Å². The van der Waals surface area contributed by atoms with Gasteiger partial charge in [-0.3, -0.25) is 4.79 Å². The molecule has 0 saturated carbocycles. The minimum Gasteiger partial charge on any atom is -0.507 e. The maximum atomic E-state index is 12.6. The fraction of sp³-hybridized carbons (Fsp3) is 0.533. The number of phenolic OH excluding ortho intramolecular Hbond substituents is 1. The van der Waals surface area contributed by atoms with Crippen LogP contribution < -0.4 is 0 Å². The largest absolute Gasteiger partial charge is 0.507 e. The lowest BCUT2D eigenvalue weighted by Crippen LogP contribution is -2.39. The van der Waals surface area contributed by atoms with E-state index < -0.39 is 0 Å². The Hall–Kier alpha value is -0.780. The molecular formula is C15H20INO2. The van der Waals surface area contributed by atoms with Crippen LogP contribution in [-0.4, -0.2) is 28.5 Å². The predicted octanol–water partition coefficient (Wildman–Crippen LogP) is 3.79. The highest BCUT2D eigenvalue weighted by atomic mass is 127. The summed E-state index contributed by atoms with van der Waals surface area (Å²) in [6.07, 6.45) is 5.59. The van der Waals surface area contributed by atoms with Crippen LogP contribution >= 0.6 is 22.6 Å². The van der Waals surface area contributed by atoms with E-state index in [-0.39, 0.29) is 11.7 Å². The Morgan fingerprint density at radius 2 is 2.21 bits per heavy atom. The van der Waals surface area contributed by atoms with Gasteiger partial charge in [-0.2, -0.15) is 0 Å². The van der Waals surface area contributed by atoms with Crippen LogP contribution in [0.3, 0.4) is 0 Å². The van der Waals surface area contributed by atoms with E-state index >= 15 is 0 Å². The lowest BCUT2D eigenvalue weighted by Gasteiger charge is -2.29. The van der Waals surface area contributed by atoms with Gasteiger partial charge in [0.15, 0.2) is 0 Å². The number of benzene rings is 1. The first kappa shape index (κ1) is 14.6. The standard InChI is InChI=1S/C15H20INO2/c1-2-12-6-4-3-5-9-17(12)15(19)11-7-8-13(16)14(18)10-11/h7-8,10,12,18H,2-6,9H2,1H3. The molecule has 1 aromatic rings. The monoisotopic (exact) mass is 373 g/mol. The molecule has 2 rings (SSSR count). The lowest BCUT2D eigenvalue weighted by atomic mass is 10.1. The quantitative estimate of drug-likeness (QED) is 0.802. The minimum atomic E-state index is 0.0560. The molecule has 0 spiro atoms. The Kier molecular flexibility index (Phi) is 5.07. The Bertz CT molecular complexity index is 461. The number of nitrogens with zero attached hydrogens (tertiary/aromatic N) is 1. The molecule has 104 valence electrons. The second kappa shape index (κ2) is 6.59. The van der Waals surface area contributed by atoms with Crippen LogP contribution in [0.2, 0.25) is 0 Å². The summed E-state index contributed by atoms with van der Waals surface area (Å²) in [7, 11) is 0. The SMILES string of the molecule is CCC1CCCCCN1C(=O)c1ccc(I)c(O)c1. The maximum absolute atomic E-state index is 12.6. The van der Waals surface area contributed by atoms with Crippen LogP contribution in [0.1, 0.15) is 49.4 Å². The average Bonchev–Trinajstić information content (AvgIpc) is 2.66. The third kappa shape index (κ3) is 3.41. The molecule has 1 atom stereocenters. The molecular weight excluding hydrogens is 353 g/mol. The third-order valence-electron chi connectivity index (χ3n) is 3.80.